The second-order valence-electron chi connectivity index (χ2n) is 8.09. The summed E-state index contributed by atoms with van der Waals surface area (Å²) in [5.74, 6) is 2.91. The fourth-order valence-electron chi connectivity index (χ4n) is 3.84. The zero-order chi connectivity index (χ0) is 28.5. The predicted octanol–water partition coefficient (Wildman–Crippen LogP) is 4.22. The smallest absolute Gasteiger partial charge is 0.250 e. The lowest BCUT2D eigenvalue weighted by molar-refractivity contribution is -0.118. The van der Waals surface area contributed by atoms with Crippen molar-refractivity contribution >= 4 is 23.9 Å². The minimum Gasteiger partial charge on any atom is -0.493 e. The molecule has 0 bridgehead atoms. The molecule has 0 fully saturated rings. The largest absolute Gasteiger partial charge is 0.493 e. The van der Waals surface area contributed by atoms with Crippen molar-refractivity contribution < 1.29 is 28.5 Å². The third kappa shape index (κ3) is 6.29. The number of amides is 1. The summed E-state index contributed by atoms with van der Waals surface area (Å²) >= 11 is 1.23. The Bertz CT molecular complexity index is 1470. The highest BCUT2D eigenvalue weighted by atomic mass is 32.2. The molecule has 0 spiro atoms. The first-order valence-corrected chi connectivity index (χ1v) is 13.0. The molecule has 11 nitrogen and oxygen atoms in total. The quantitative estimate of drug-likeness (QED) is 0.154. The van der Waals surface area contributed by atoms with Crippen LogP contribution < -0.4 is 29.1 Å². The average Bonchev–Trinajstić information content (AvgIpc) is 3.43. The molecule has 208 valence electrons. The highest BCUT2D eigenvalue weighted by Gasteiger charge is 2.21. The number of aromatic nitrogens is 3. The van der Waals surface area contributed by atoms with Gasteiger partial charge in [0.15, 0.2) is 34.0 Å². The molecule has 0 aliphatic rings. The third-order valence-corrected chi connectivity index (χ3v) is 6.64. The molecule has 12 heteroatoms. The summed E-state index contributed by atoms with van der Waals surface area (Å²) in [4.78, 5) is 12.6. The van der Waals surface area contributed by atoms with E-state index in [1.807, 2.05) is 34.9 Å². The van der Waals surface area contributed by atoms with Crippen molar-refractivity contribution in [1.29, 1.82) is 0 Å². The molecule has 0 saturated carbocycles. The molecular weight excluding hydrogens is 534 g/mol. The summed E-state index contributed by atoms with van der Waals surface area (Å²) in [6.07, 6.45) is 1.53. The number of methoxy groups -OCH3 is 5. The highest BCUT2D eigenvalue weighted by molar-refractivity contribution is 7.99. The molecule has 0 aliphatic carbocycles. The maximum atomic E-state index is 12.6. The Morgan fingerprint density at radius 1 is 0.850 bits per heavy atom. The molecule has 40 heavy (non-hydrogen) atoms. The number of benzene rings is 3. The van der Waals surface area contributed by atoms with Crippen molar-refractivity contribution in [3.8, 4) is 45.8 Å². The maximum Gasteiger partial charge on any atom is 0.250 e. The van der Waals surface area contributed by atoms with E-state index in [2.05, 4.69) is 20.7 Å². The standard InChI is InChI=1S/C28H29N5O6S/c1-35-21-12-11-18(13-22(21)36-2)16-29-30-25(34)17-40-28-32-31-27(33(28)20-9-7-6-8-10-20)19-14-23(37-3)26(39-5)24(15-19)38-4/h6-16H,17H2,1-5H3,(H,30,34)/b29-16+. The van der Waals surface area contributed by atoms with E-state index in [9.17, 15) is 4.79 Å². The van der Waals surface area contributed by atoms with Gasteiger partial charge in [0.1, 0.15) is 0 Å². The zero-order valence-electron chi connectivity index (χ0n) is 22.7. The minimum absolute atomic E-state index is 0.0590. The molecule has 1 N–H and O–H groups in total. The Kier molecular flexibility index (Phi) is 9.47. The first-order chi connectivity index (χ1) is 19.5. The molecule has 0 atom stereocenters. The van der Waals surface area contributed by atoms with Crippen molar-refractivity contribution in [2.75, 3.05) is 41.3 Å². The number of hydrogen-bond donors (Lipinski definition) is 1. The monoisotopic (exact) mass is 563 g/mol. The summed E-state index contributed by atoms with van der Waals surface area (Å²) in [7, 11) is 7.77. The number of rotatable bonds is 12. The van der Waals surface area contributed by atoms with Crippen LogP contribution in [0.4, 0.5) is 0 Å². The first kappa shape index (κ1) is 28.3. The van der Waals surface area contributed by atoms with Gasteiger partial charge in [0.05, 0.1) is 47.5 Å². The lowest BCUT2D eigenvalue weighted by Crippen LogP contribution is -2.20. The van der Waals surface area contributed by atoms with Gasteiger partial charge in [-0.05, 0) is 48.0 Å². The van der Waals surface area contributed by atoms with Crippen molar-refractivity contribution in [3.05, 3.63) is 66.2 Å². The van der Waals surface area contributed by atoms with Crippen molar-refractivity contribution in [2.24, 2.45) is 5.10 Å². The van der Waals surface area contributed by atoms with E-state index in [0.29, 0.717) is 45.3 Å². The van der Waals surface area contributed by atoms with Crippen LogP contribution in [-0.4, -0.2) is 68.2 Å². The van der Waals surface area contributed by atoms with Crippen LogP contribution >= 0.6 is 11.8 Å². The van der Waals surface area contributed by atoms with E-state index in [1.54, 1.807) is 65.9 Å². The van der Waals surface area contributed by atoms with E-state index in [4.69, 9.17) is 23.7 Å². The number of hydrazone groups is 1. The van der Waals surface area contributed by atoms with Gasteiger partial charge >= 0.3 is 0 Å². The number of nitrogens with one attached hydrogen (secondary N) is 1. The fourth-order valence-corrected chi connectivity index (χ4v) is 4.59. The van der Waals surface area contributed by atoms with Gasteiger partial charge in [-0.25, -0.2) is 5.43 Å². The number of carbonyl (C=O) groups excluding carboxylic acids is 1. The topological polar surface area (TPSA) is 118 Å². The zero-order valence-corrected chi connectivity index (χ0v) is 23.5. The Morgan fingerprint density at radius 2 is 1.52 bits per heavy atom. The summed E-state index contributed by atoms with van der Waals surface area (Å²) in [5.41, 5.74) is 4.80. The van der Waals surface area contributed by atoms with Crippen molar-refractivity contribution in [3.63, 3.8) is 0 Å². The van der Waals surface area contributed by atoms with Crippen molar-refractivity contribution in [1.82, 2.24) is 20.2 Å². The summed E-state index contributed by atoms with van der Waals surface area (Å²) in [5, 5.41) is 13.4. The second kappa shape index (κ2) is 13.4. The fraction of sp³-hybridized carbons (Fsp3) is 0.214. The maximum absolute atomic E-state index is 12.6. The molecule has 3 aromatic carbocycles. The number of ether oxygens (including phenoxy) is 5. The number of thioether (sulfide) groups is 1. The average molecular weight is 564 g/mol. The van der Waals surface area contributed by atoms with Gasteiger partial charge in [0.2, 0.25) is 5.75 Å². The molecule has 1 amide bonds. The third-order valence-electron chi connectivity index (χ3n) is 5.71. The summed E-state index contributed by atoms with van der Waals surface area (Å²) in [6, 6.07) is 18.5. The number of para-hydroxylation sites is 1. The van der Waals surface area contributed by atoms with Crippen LogP contribution in [0.15, 0.2) is 70.9 Å². The summed E-state index contributed by atoms with van der Waals surface area (Å²) < 4.78 is 28.9. The molecule has 0 radical (unpaired) electrons. The van der Waals surface area contributed by atoms with Crippen LogP contribution in [0, 0.1) is 0 Å². The molecule has 4 aromatic rings. The molecule has 1 aromatic heterocycles. The number of carbonyl (C=O) groups is 1. The van der Waals surface area contributed by atoms with Crippen LogP contribution in [0.25, 0.3) is 17.1 Å². The van der Waals surface area contributed by atoms with E-state index >= 15 is 0 Å². The Labute approximate surface area is 236 Å². The van der Waals surface area contributed by atoms with Crippen LogP contribution in [0.2, 0.25) is 0 Å². The van der Waals surface area contributed by atoms with Crippen LogP contribution in [-0.2, 0) is 4.79 Å². The van der Waals surface area contributed by atoms with E-state index < -0.39 is 0 Å². The molecule has 1 heterocycles. The van der Waals surface area contributed by atoms with E-state index in [1.165, 1.54) is 18.0 Å². The SMILES string of the molecule is COc1ccc(/C=N/NC(=O)CSc2nnc(-c3cc(OC)c(OC)c(OC)c3)n2-c2ccccc2)cc1OC. The molecule has 0 aliphatic heterocycles. The number of hydrogen-bond acceptors (Lipinski definition) is 10. The summed E-state index contributed by atoms with van der Waals surface area (Å²) in [6.45, 7) is 0. The highest BCUT2D eigenvalue weighted by Crippen LogP contribution is 2.41. The van der Waals surface area contributed by atoms with Gasteiger partial charge in [0, 0.05) is 11.3 Å². The molecular formula is C28H29N5O6S. The number of nitrogens with zero attached hydrogens (tertiary/aromatic N) is 4. The van der Waals surface area contributed by atoms with Crippen LogP contribution in [0.3, 0.4) is 0 Å². The van der Waals surface area contributed by atoms with Crippen LogP contribution in [0.1, 0.15) is 5.56 Å². The van der Waals surface area contributed by atoms with Gasteiger partial charge in [0.25, 0.3) is 5.91 Å². The first-order valence-electron chi connectivity index (χ1n) is 12.0. The van der Waals surface area contributed by atoms with Gasteiger partial charge < -0.3 is 23.7 Å². The van der Waals surface area contributed by atoms with Gasteiger partial charge in [-0.1, -0.05) is 30.0 Å². The van der Waals surface area contributed by atoms with E-state index in [-0.39, 0.29) is 11.7 Å². The van der Waals surface area contributed by atoms with Crippen molar-refractivity contribution in [2.45, 2.75) is 5.16 Å². The van der Waals surface area contributed by atoms with Gasteiger partial charge in [-0.3, -0.25) is 9.36 Å². The lowest BCUT2D eigenvalue weighted by Gasteiger charge is -2.15. The molecule has 0 saturated heterocycles. The second-order valence-corrected chi connectivity index (χ2v) is 9.03. The predicted molar refractivity (Wildman–Crippen MR) is 152 cm³/mol. The Hall–Kier alpha value is -4.71. The molecule has 0 unspecified atom stereocenters. The minimum atomic E-state index is -0.307. The van der Waals surface area contributed by atoms with Gasteiger partial charge in [-0.15, -0.1) is 10.2 Å². The Balaban J connectivity index is 1.55. The lowest BCUT2D eigenvalue weighted by atomic mass is 10.1. The normalized spacial score (nSPS) is 10.8. The van der Waals surface area contributed by atoms with Gasteiger partial charge in [-0.2, -0.15) is 5.10 Å². The van der Waals surface area contributed by atoms with E-state index in [0.717, 1.165) is 11.3 Å². The Morgan fingerprint density at radius 3 is 2.15 bits per heavy atom. The van der Waals surface area contributed by atoms with Crippen LogP contribution in [0.5, 0.6) is 28.7 Å². The molecule has 4 rings (SSSR count).